The van der Waals surface area contributed by atoms with E-state index >= 15 is 0 Å². The van der Waals surface area contributed by atoms with Crippen LogP contribution in [0.15, 0.2) is 72.0 Å². The molecule has 116 valence electrons. The van der Waals surface area contributed by atoms with Gasteiger partial charge in [0.25, 0.3) is 0 Å². The third-order valence-corrected chi connectivity index (χ3v) is 3.49. The second-order valence-corrected chi connectivity index (χ2v) is 5.27. The number of aliphatic imine (C=N–C) groups is 1. The van der Waals surface area contributed by atoms with Crippen LogP contribution in [0.3, 0.4) is 0 Å². The first-order chi connectivity index (χ1) is 11.2. The zero-order valence-electron chi connectivity index (χ0n) is 13.0. The number of aryl methyl sites for hydroxylation is 1. The van der Waals surface area contributed by atoms with Crippen LogP contribution >= 0.6 is 0 Å². The van der Waals surface area contributed by atoms with Crippen molar-refractivity contribution in [3.63, 3.8) is 0 Å². The number of aromatic nitrogens is 2. The van der Waals surface area contributed by atoms with E-state index in [1.54, 1.807) is 6.20 Å². The summed E-state index contributed by atoms with van der Waals surface area (Å²) < 4.78 is 1.83. The average molecular weight is 305 g/mol. The first kappa shape index (κ1) is 14.8. The van der Waals surface area contributed by atoms with Gasteiger partial charge >= 0.3 is 0 Å². The summed E-state index contributed by atoms with van der Waals surface area (Å²) in [4.78, 5) is 4.42. The Morgan fingerprint density at radius 1 is 1.13 bits per heavy atom. The highest BCUT2D eigenvalue weighted by molar-refractivity contribution is 5.92. The monoisotopic (exact) mass is 305 g/mol. The lowest BCUT2D eigenvalue weighted by molar-refractivity contribution is 0.858. The van der Waals surface area contributed by atoms with E-state index in [4.69, 9.17) is 5.73 Å². The van der Waals surface area contributed by atoms with Crippen molar-refractivity contribution in [3.05, 3.63) is 78.1 Å². The Morgan fingerprint density at radius 2 is 1.91 bits per heavy atom. The topological polar surface area (TPSA) is 68.2 Å². The predicted octanol–water partition coefficient (Wildman–Crippen LogP) is 3.11. The fraction of sp³-hybridized carbons (Fsp3) is 0.111. The van der Waals surface area contributed by atoms with Gasteiger partial charge in [0.05, 0.1) is 12.2 Å². The summed E-state index contributed by atoms with van der Waals surface area (Å²) in [5.74, 6) is 0.393. The molecule has 0 unspecified atom stereocenters. The van der Waals surface area contributed by atoms with E-state index < -0.39 is 0 Å². The lowest BCUT2D eigenvalue weighted by Gasteiger charge is -2.09. The molecule has 5 nitrogen and oxygen atoms in total. The standard InChI is InChI=1S/C18H19N5/c1-14-7-9-16(10-8-14)22-18(19)20-13-15-5-2-3-6-17(15)23-12-4-11-21-23/h2-12H,13H2,1H3,(H3,19,20,22). The summed E-state index contributed by atoms with van der Waals surface area (Å²) in [5, 5.41) is 7.37. The molecule has 0 aliphatic rings. The van der Waals surface area contributed by atoms with Crippen LogP contribution in [-0.4, -0.2) is 15.7 Å². The van der Waals surface area contributed by atoms with Crippen LogP contribution in [-0.2, 0) is 6.54 Å². The molecule has 0 radical (unpaired) electrons. The number of para-hydroxylation sites is 1. The number of rotatable bonds is 4. The SMILES string of the molecule is Cc1ccc(NC(N)=NCc2ccccc2-n2cccn2)cc1. The Balaban J connectivity index is 1.73. The summed E-state index contributed by atoms with van der Waals surface area (Å²) in [6, 6.07) is 17.9. The zero-order valence-corrected chi connectivity index (χ0v) is 13.0. The van der Waals surface area contributed by atoms with Gasteiger partial charge in [0.15, 0.2) is 5.96 Å². The first-order valence-electron chi connectivity index (χ1n) is 7.44. The molecule has 5 heteroatoms. The van der Waals surface area contributed by atoms with E-state index in [2.05, 4.69) is 15.4 Å². The summed E-state index contributed by atoms with van der Waals surface area (Å²) in [7, 11) is 0. The number of nitrogens with zero attached hydrogens (tertiary/aromatic N) is 3. The highest BCUT2D eigenvalue weighted by Gasteiger charge is 2.04. The Hall–Kier alpha value is -3.08. The van der Waals surface area contributed by atoms with Crippen molar-refractivity contribution >= 4 is 11.6 Å². The molecule has 0 saturated heterocycles. The van der Waals surface area contributed by atoms with E-state index in [1.165, 1.54) is 5.56 Å². The first-order valence-corrected chi connectivity index (χ1v) is 7.44. The quantitative estimate of drug-likeness (QED) is 0.575. The van der Waals surface area contributed by atoms with E-state index in [0.717, 1.165) is 16.9 Å². The molecule has 0 amide bonds. The predicted molar refractivity (Wildman–Crippen MR) is 93.7 cm³/mol. The number of benzene rings is 2. The van der Waals surface area contributed by atoms with Gasteiger partial charge < -0.3 is 11.1 Å². The Labute approximate surface area is 135 Å². The Bertz CT molecular complexity index is 789. The molecule has 0 saturated carbocycles. The molecular formula is C18H19N5. The Kier molecular flexibility index (Phi) is 4.38. The van der Waals surface area contributed by atoms with Crippen LogP contribution in [0.2, 0.25) is 0 Å². The highest BCUT2D eigenvalue weighted by atomic mass is 15.3. The van der Waals surface area contributed by atoms with Crippen molar-refractivity contribution in [2.24, 2.45) is 10.7 Å². The minimum Gasteiger partial charge on any atom is -0.370 e. The molecular weight excluding hydrogens is 286 g/mol. The number of hydrogen-bond donors (Lipinski definition) is 2. The lowest BCUT2D eigenvalue weighted by Crippen LogP contribution is -2.22. The third-order valence-electron chi connectivity index (χ3n) is 3.49. The van der Waals surface area contributed by atoms with E-state index in [0.29, 0.717) is 12.5 Å². The van der Waals surface area contributed by atoms with Crippen molar-refractivity contribution in [3.8, 4) is 5.69 Å². The van der Waals surface area contributed by atoms with Crippen LogP contribution in [0.25, 0.3) is 5.69 Å². The number of nitrogens with one attached hydrogen (secondary N) is 1. The van der Waals surface area contributed by atoms with Gasteiger partial charge in [0.2, 0.25) is 0 Å². The van der Waals surface area contributed by atoms with E-state index in [1.807, 2.05) is 72.4 Å². The van der Waals surface area contributed by atoms with Gasteiger partial charge in [-0.1, -0.05) is 35.9 Å². The second kappa shape index (κ2) is 6.79. The molecule has 0 atom stereocenters. The molecule has 3 aromatic rings. The number of nitrogens with two attached hydrogens (primary N) is 1. The highest BCUT2D eigenvalue weighted by Crippen LogP contribution is 2.14. The molecule has 0 aliphatic carbocycles. The molecule has 1 aromatic heterocycles. The second-order valence-electron chi connectivity index (χ2n) is 5.27. The van der Waals surface area contributed by atoms with Crippen LogP contribution in [0, 0.1) is 6.92 Å². The maximum absolute atomic E-state index is 5.98. The number of guanidine groups is 1. The lowest BCUT2D eigenvalue weighted by atomic mass is 10.2. The van der Waals surface area contributed by atoms with Crippen LogP contribution in [0.5, 0.6) is 0 Å². The minimum atomic E-state index is 0.393. The van der Waals surface area contributed by atoms with Gasteiger partial charge in [-0.25, -0.2) is 9.67 Å². The van der Waals surface area contributed by atoms with Crippen molar-refractivity contribution in [2.45, 2.75) is 13.5 Å². The molecule has 0 spiro atoms. The maximum Gasteiger partial charge on any atom is 0.193 e. The normalized spacial score (nSPS) is 11.4. The van der Waals surface area contributed by atoms with Crippen LogP contribution < -0.4 is 11.1 Å². The van der Waals surface area contributed by atoms with Gasteiger partial charge in [-0.05, 0) is 36.8 Å². The fourth-order valence-electron chi connectivity index (χ4n) is 2.27. The van der Waals surface area contributed by atoms with Gasteiger partial charge in [-0.15, -0.1) is 0 Å². The van der Waals surface area contributed by atoms with Crippen molar-refractivity contribution < 1.29 is 0 Å². The van der Waals surface area contributed by atoms with Crippen molar-refractivity contribution in [2.75, 3.05) is 5.32 Å². The summed E-state index contributed by atoms with van der Waals surface area (Å²) >= 11 is 0. The van der Waals surface area contributed by atoms with Crippen LogP contribution in [0.1, 0.15) is 11.1 Å². The van der Waals surface area contributed by atoms with Crippen molar-refractivity contribution in [1.29, 1.82) is 0 Å². The zero-order chi connectivity index (χ0) is 16.1. The largest absolute Gasteiger partial charge is 0.370 e. The van der Waals surface area contributed by atoms with Gasteiger partial charge in [0, 0.05) is 18.1 Å². The minimum absolute atomic E-state index is 0.393. The third kappa shape index (κ3) is 3.77. The summed E-state index contributed by atoms with van der Waals surface area (Å²) in [5.41, 5.74) is 10.2. The van der Waals surface area contributed by atoms with Crippen molar-refractivity contribution in [1.82, 2.24) is 9.78 Å². The van der Waals surface area contributed by atoms with E-state index in [9.17, 15) is 0 Å². The average Bonchev–Trinajstić information content (AvgIpc) is 3.10. The number of anilines is 1. The molecule has 3 N–H and O–H groups in total. The summed E-state index contributed by atoms with van der Waals surface area (Å²) in [6.45, 7) is 2.54. The van der Waals surface area contributed by atoms with Gasteiger partial charge in [-0.3, -0.25) is 0 Å². The van der Waals surface area contributed by atoms with Crippen LogP contribution in [0.4, 0.5) is 5.69 Å². The number of hydrogen-bond acceptors (Lipinski definition) is 2. The molecule has 23 heavy (non-hydrogen) atoms. The maximum atomic E-state index is 5.98. The Morgan fingerprint density at radius 3 is 2.65 bits per heavy atom. The molecule has 3 rings (SSSR count). The smallest absolute Gasteiger partial charge is 0.193 e. The fourth-order valence-corrected chi connectivity index (χ4v) is 2.27. The molecule has 0 aliphatic heterocycles. The van der Waals surface area contributed by atoms with Gasteiger partial charge in [-0.2, -0.15) is 5.10 Å². The molecule has 0 fully saturated rings. The molecule has 1 heterocycles. The molecule has 2 aromatic carbocycles. The molecule has 0 bridgehead atoms. The van der Waals surface area contributed by atoms with Gasteiger partial charge in [0.1, 0.15) is 0 Å². The van der Waals surface area contributed by atoms with E-state index in [-0.39, 0.29) is 0 Å². The summed E-state index contributed by atoms with van der Waals surface area (Å²) in [6.07, 6.45) is 3.67.